The molecular weight excluding hydrogens is 350 g/mol. The van der Waals surface area contributed by atoms with E-state index in [0.29, 0.717) is 54.0 Å². The summed E-state index contributed by atoms with van der Waals surface area (Å²) >= 11 is 0. The zero-order valence-corrected chi connectivity index (χ0v) is 15.5. The van der Waals surface area contributed by atoms with Gasteiger partial charge in [-0.1, -0.05) is 5.16 Å². The molecule has 4 rings (SSSR count). The van der Waals surface area contributed by atoms with Crippen molar-refractivity contribution in [3.63, 3.8) is 0 Å². The van der Waals surface area contributed by atoms with Gasteiger partial charge < -0.3 is 14.7 Å². The van der Waals surface area contributed by atoms with Crippen LogP contribution in [0.3, 0.4) is 0 Å². The van der Waals surface area contributed by atoms with Gasteiger partial charge in [0.2, 0.25) is 0 Å². The van der Waals surface area contributed by atoms with Crippen LogP contribution in [0.4, 0.5) is 4.79 Å². The van der Waals surface area contributed by atoms with Gasteiger partial charge in [-0.2, -0.15) is 0 Å². The highest BCUT2D eigenvalue weighted by atomic mass is 16.5. The minimum Gasteiger partial charge on any atom is -0.339 e. The summed E-state index contributed by atoms with van der Waals surface area (Å²) in [6, 6.07) is 1.30. The number of fused-ring (bicyclic) bond motifs is 1. The van der Waals surface area contributed by atoms with Crippen molar-refractivity contribution < 1.29 is 18.9 Å². The lowest BCUT2D eigenvalue weighted by Gasteiger charge is -2.38. The summed E-state index contributed by atoms with van der Waals surface area (Å²) in [6.45, 7) is 6.35. The Balaban J connectivity index is 1.54. The first kappa shape index (κ1) is 17.4. The highest BCUT2D eigenvalue weighted by molar-refractivity contribution is 6.07. The topological polar surface area (TPSA) is 117 Å². The van der Waals surface area contributed by atoms with Crippen molar-refractivity contribution in [1.82, 2.24) is 25.7 Å². The van der Waals surface area contributed by atoms with Gasteiger partial charge in [0.05, 0.1) is 16.6 Å². The van der Waals surface area contributed by atoms with Crippen molar-refractivity contribution in [1.29, 1.82) is 0 Å². The highest BCUT2D eigenvalue weighted by Gasteiger charge is 2.48. The van der Waals surface area contributed by atoms with Crippen LogP contribution in [0.15, 0.2) is 10.6 Å². The molecule has 2 aromatic rings. The van der Waals surface area contributed by atoms with Gasteiger partial charge in [-0.05, 0) is 45.6 Å². The van der Waals surface area contributed by atoms with Crippen molar-refractivity contribution >= 4 is 28.9 Å². The second-order valence-electron chi connectivity index (χ2n) is 7.44. The largest absolute Gasteiger partial charge is 0.339 e. The van der Waals surface area contributed by atoms with Crippen LogP contribution in [0.5, 0.6) is 0 Å². The second-order valence-corrected chi connectivity index (χ2v) is 7.44. The number of aryl methyl sites for hydroxylation is 2. The van der Waals surface area contributed by atoms with Crippen molar-refractivity contribution in [2.24, 2.45) is 5.92 Å². The SMILES string of the molecule is Cc1cc(C(=O)N2CCC(C3(C)NC(=O)NC3=O)CC2)c2c(C)noc2n1. The molecule has 0 radical (unpaired) electrons. The molecule has 0 bridgehead atoms. The van der Waals surface area contributed by atoms with Crippen molar-refractivity contribution in [3.8, 4) is 0 Å². The molecule has 2 N–H and O–H groups in total. The fourth-order valence-corrected chi connectivity index (χ4v) is 4.06. The van der Waals surface area contributed by atoms with Gasteiger partial charge in [0.25, 0.3) is 17.5 Å². The minimum absolute atomic E-state index is 0.0236. The summed E-state index contributed by atoms with van der Waals surface area (Å²) in [4.78, 5) is 42.8. The van der Waals surface area contributed by atoms with Crippen LogP contribution in [0.25, 0.3) is 11.1 Å². The Bertz CT molecular complexity index is 960. The van der Waals surface area contributed by atoms with Gasteiger partial charge in [-0.3, -0.25) is 14.9 Å². The Labute approximate surface area is 155 Å². The molecule has 0 aromatic carbocycles. The molecular formula is C18H21N5O4. The molecule has 2 aliphatic rings. The third-order valence-electron chi connectivity index (χ3n) is 5.65. The Kier molecular flexibility index (Phi) is 3.90. The Morgan fingerprint density at radius 1 is 1.30 bits per heavy atom. The van der Waals surface area contributed by atoms with Gasteiger partial charge in [0.1, 0.15) is 5.54 Å². The molecule has 9 nitrogen and oxygen atoms in total. The molecule has 27 heavy (non-hydrogen) atoms. The van der Waals surface area contributed by atoms with Gasteiger partial charge in [0.15, 0.2) is 0 Å². The number of nitrogens with zero attached hydrogens (tertiary/aromatic N) is 3. The van der Waals surface area contributed by atoms with E-state index < -0.39 is 11.6 Å². The fraction of sp³-hybridized carbons (Fsp3) is 0.500. The Morgan fingerprint density at radius 3 is 2.63 bits per heavy atom. The molecule has 4 heterocycles. The lowest BCUT2D eigenvalue weighted by atomic mass is 9.79. The third kappa shape index (κ3) is 2.73. The molecule has 4 amide bonds. The smallest absolute Gasteiger partial charge is 0.322 e. The Hall–Kier alpha value is -2.97. The fourth-order valence-electron chi connectivity index (χ4n) is 4.06. The van der Waals surface area contributed by atoms with E-state index in [2.05, 4.69) is 20.8 Å². The van der Waals surface area contributed by atoms with Crippen molar-refractivity contribution in [2.45, 2.75) is 39.2 Å². The molecule has 0 spiro atoms. The van der Waals surface area contributed by atoms with Crippen molar-refractivity contribution in [2.75, 3.05) is 13.1 Å². The number of piperidine rings is 1. The number of urea groups is 1. The summed E-state index contributed by atoms with van der Waals surface area (Å²) < 4.78 is 5.21. The van der Waals surface area contributed by atoms with Gasteiger partial charge in [-0.25, -0.2) is 9.78 Å². The van der Waals surface area contributed by atoms with E-state index in [1.165, 1.54) is 0 Å². The number of hydrogen-bond acceptors (Lipinski definition) is 6. The van der Waals surface area contributed by atoms with E-state index in [4.69, 9.17) is 4.52 Å². The van der Waals surface area contributed by atoms with Crippen LogP contribution < -0.4 is 10.6 Å². The van der Waals surface area contributed by atoms with Crippen LogP contribution >= 0.6 is 0 Å². The lowest BCUT2D eigenvalue weighted by molar-refractivity contribution is -0.125. The first-order valence-electron chi connectivity index (χ1n) is 8.96. The monoisotopic (exact) mass is 371 g/mol. The summed E-state index contributed by atoms with van der Waals surface area (Å²) in [5.41, 5.74) is 1.30. The summed E-state index contributed by atoms with van der Waals surface area (Å²) in [7, 11) is 0. The predicted octanol–water partition coefficient (Wildman–Crippen LogP) is 1.29. The number of pyridine rings is 1. The maximum absolute atomic E-state index is 13.1. The number of rotatable bonds is 2. The quantitative estimate of drug-likeness (QED) is 0.768. The van der Waals surface area contributed by atoms with E-state index in [9.17, 15) is 14.4 Å². The first-order chi connectivity index (χ1) is 12.8. The van der Waals surface area contributed by atoms with E-state index >= 15 is 0 Å². The number of hydrogen-bond donors (Lipinski definition) is 2. The number of carbonyl (C=O) groups is 3. The Morgan fingerprint density at radius 2 is 2.00 bits per heavy atom. The number of amides is 4. The molecule has 2 aromatic heterocycles. The molecule has 1 unspecified atom stereocenters. The molecule has 2 saturated heterocycles. The second kappa shape index (κ2) is 6.04. The molecule has 0 aliphatic carbocycles. The lowest BCUT2D eigenvalue weighted by Crippen LogP contribution is -2.54. The number of likely N-dealkylation sites (tertiary alicyclic amines) is 1. The predicted molar refractivity (Wildman–Crippen MR) is 95.0 cm³/mol. The van der Waals surface area contributed by atoms with Crippen LogP contribution in [-0.4, -0.2) is 51.5 Å². The van der Waals surface area contributed by atoms with Crippen LogP contribution in [0.1, 0.15) is 41.5 Å². The maximum atomic E-state index is 13.1. The van der Waals surface area contributed by atoms with E-state index in [1.807, 2.05) is 6.92 Å². The molecule has 142 valence electrons. The third-order valence-corrected chi connectivity index (χ3v) is 5.65. The molecule has 2 fully saturated rings. The first-order valence-corrected chi connectivity index (χ1v) is 8.96. The minimum atomic E-state index is -0.919. The van der Waals surface area contributed by atoms with Crippen LogP contribution in [0, 0.1) is 19.8 Å². The average Bonchev–Trinajstić information content (AvgIpc) is 3.13. The van der Waals surface area contributed by atoms with E-state index in [-0.39, 0.29) is 17.7 Å². The zero-order chi connectivity index (χ0) is 19.3. The number of nitrogens with one attached hydrogen (secondary N) is 2. The molecule has 1 atom stereocenters. The number of imide groups is 1. The average molecular weight is 371 g/mol. The van der Waals surface area contributed by atoms with Gasteiger partial charge >= 0.3 is 6.03 Å². The number of carbonyl (C=O) groups excluding carboxylic acids is 3. The standard InChI is InChI=1S/C18H21N5O4/c1-9-8-12(13-10(2)22-27-14(13)19-9)15(24)23-6-4-11(5-7-23)18(3)16(25)20-17(26)21-18/h8,11H,4-7H2,1-3H3,(H2,20,21,25,26). The molecule has 0 saturated carbocycles. The molecule has 2 aliphatic heterocycles. The van der Waals surface area contributed by atoms with Gasteiger partial charge in [-0.15, -0.1) is 0 Å². The maximum Gasteiger partial charge on any atom is 0.322 e. The van der Waals surface area contributed by atoms with Gasteiger partial charge in [0, 0.05) is 18.8 Å². The number of aromatic nitrogens is 2. The van der Waals surface area contributed by atoms with Crippen LogP contribution in [-0.2, 0) is 4.79 Å². The van der Waals surface area contributed by atoms with E-state index in [0.717, 1.165) is 0 Å². The van der Waals surface area contributed by atoms with Crippen LogP contribution in [0.2, 0.25) is 0 Å². The summed E-state index contributed by atoms with van der Waals surface area (Å²) in [5.74, 6) is -0.423. The highest BCUT2D eigenvalue weighted by Crippen LogP contribution is 2.32. The van der Waals surface area contributed by atoms with Crippen molar-refractivity contribution in [3.05, 3.63) is 23.0 Å². The zero-order valence-electron chi connectivity index (χ0n) is 15.5. The summed E-state index contributed by atoms with van der Waals surface area (Å²) in [6.07, 6.45) is 1.26. The normalized spacial score (nSPS) is 23.6. The van der Waals surface area contributed by atoms with E-state index in [1.54, 1.807) is 24.8 Å². The molecule has 9 heteroatoms. The summed E-state index contributed by atoms with van der Waals surface area (Å²) in [5, 5.41) is 9.59.